The quantitative estimate of drug-likeness (QED) is 0.538. The van der Waals surface area contributed by atoms with E-state index >= 15 is 0 Å². The number of carbonyl (C=O) groups excluding carboxylic acids is 1. The summed E-state index contributed by atoms with van der Waals surface area (Å²) in [4.78, 5) is 16.2. The van der Waals surface area contributed by atoms with Crippen molar-refractivity contribution >= 4 is 17.9 Å². The third-order valence-corrected chi connectivity index (χ3v) is 4.24. The number of hydrogen-bond donors (Lipinski definition) is 2. The van der Waals surface area contributed by atoms with Crippen LogP contribution in [0.4, 0.5) is 0 Å². The summed E-state index contributed by atoms with van der Waals surface area (Å²) in [5, 5.41) is 9.02. The van der Waals surface area contributed by atoms with Gasteiger partial charge in [0.1, 0.15) is 0 Å². The van der Waals surface area contributed by atoms with Gasteiger partial charge in [-0.1, -0.05) is 42.5 Å². The fourth-order valence-corrected chi connectivity index (χ4v) is 2.85. The van der Waals surface area contributed by atoms with E-state index in [9.17, 15) is 4.79 Å². The van der Waals surface area contributed by atoms with Gasteiger partial charge < -0.3 is 0 Å². The molecule has 0 bridgehead atoms. The lowest BCUT2D eigenvalue weighted by Gasteiger charge is -2.08. The zero-order valence-corrected chi connectivity index (χ0v) is 14.1. The van der Waals surface area contributed by atoms with Gasteiger partial charge in [0.05, 0.1) is 11.6 Å². The second kappa shape index (κ2) is 8.15. The Bertz CT molecular complexity index is 919. The summed E-state index contributed by atoms with van der Waals surface area (Å²) in [6.07, 6.45) is 0. The van der Waals surface area contributed by atoms with Crippen molar-refractivity contribution in [1.29, 1.82) is 5.26 Å². The standard InChI is InChI=1S/C20H15N3OS/c21-14-15-6-4-7-16(12-15)17-8-5-9-18(13-17)20(24)22-23-25-19-10-2-1-3-11-19/h1-13,23H,(H,22,24). The van der Waals surface area contributed by atoms with E-state index < -0.39 is 0 Å². The summed E-state index contributed by atoms with van der Waals surface area (Å²) in [6.45, 7) is 0. The number of carbonyl (C=O) groups is 1. The topological polar surface area (TPSA) is 64.9 Å². The van der Waals surface area contributed by atoms with Crippen LogP contribution in [-0.2, 0) is 0 Å². The molecule has 0 radical (unpaired) electrons. The Morgan fingerprint density at radius 3 is 2.36 bits per heavy atom. The molecule has 0 aliphatic rings. The van der Waals surface area contributed by atoms with Crippen LogP contribution in [0, 0.1) is 11.3 Å². The predicted molar refractivity (Wildman–Crippen MR) is 99.5 cm³/mol. The first kappa shape index (κ1) is 16.8. The molecule has 1 amide bonds. The molecule has 0 saturated carbocycles. The SMILES string of the molecule is N#Cc1cccc(-c2cccc(C(=O)NNSc3ccccc3)c2)c1. The molecule has 0 unspecified atom stereocenters. The van der Waals surface area contributed by atoms with E-state index in [1.807, 2.05) is 54.6 Å². The molecule has 122 valence electrons. The number of nitriles is 1. The summed E-state index contributed by atoms with van der Waals surface area (Å²) in [5.74, 6) is -0.221. The number of amides is 1. The number of nitrogens with zero attached hydrogens (tertiary/aromatic N) is 1. The molecule has 5 heteroatoms. The van der Waals surface area contributed by atoms with E-state index in [2.05, 4.69) is 16.3 Å². The minimum absolute atomic E-state index is 0.221. The van der Waals surface area contributed by atoms with Crippen molar-refractivity contribution in [3.05, 3.63) is 90.0 Å². The van der Waals surface area contributed by atoms with Gasteiger partial charge in [0.2, 0.25) is 0 Å². The number of hydrazine groups is 1. The van der Waals surface area contributed by atoms with Gasteiger partial charge in [0.15, 0.2) is 0 Å². The van der Waals surface area contributed by atoms with Gasteiger partial charge in [-0.15, -0.1) is 0 Å². The average molecular weight is 345 g/mol. The minimum Gasteiger partial charge on any atom is -0.277 e. The summed E-state index contributed by atoms with van der Waals surface area (Å²) in [6, 6.07) is 26.5. The first-order valence-electron chi connectivity index (χ1n) is 7.64. The average Bonchev–Trinajstić information content (AvgIpc) is 2.69. The first-order valence-corrected chi connectivity index (χ1v) is 8.46. The number of benzene rings is 3. The Balaban J connectivity index is 1.68. The van der Waals surface area contributed by atoms with Gasteiger partial charge in [-0.25, -0.2) is 0 Å². The highest BCUT2D eigenvalue weighted by atomic mass is 32.2. The molecule has 0 spiro atoms. The fourth-order valence-electron chi connectivity index (χ4n) is 2.30. The second-order valence-electron chi connectivity index (χ2n) is 5.24. The normalized spacial score (nSPS) is 10.0. The lowest BCUT2D eigenvalue weighted by Crippen LogP contribution is -2.32. The molecule has 3 aromatic rings. The highest BCUT2D eigenvalue weighted by molar-refractivity contribution is 7.97. The Morgan fingerprint density at radius 1 is 0.880 bits per heavy atom. The zero-order chi connectivity index (χ0) is 17.5. The molecule has 3 aromatic carbocycles. The summed E-state index contributed by atoms with van der Waals surface area (Å²) < 4.78 is 0. The molecule has 0 aliphatic carbocycles. The lowest BCUT2D eigenvalue weighted by atomic mass is 10.0. The van der Waals surface area contributed by atoms with E-state index in [1.54, 1.807) is 24.3 Å². The monoisotopic (exact) mass is 345 g/mol. The van der Waals surface area contributed by atoms with Crippen LogP contribution in [0.25, 0.3) is 11.1 Å². The van der Waals surface area contributed by atoms with Gasteiger partial charge >= 0.3 is 0 Å². The largest absolute Gasteiger partial charge is 0.277 e. The van der Waals surface area contributed by atoms with Crippen LogP contribution in [0.3, 0.4) is 0 Å². The summed E-state index contributed by atoms with van der Waals surface area (Å²) in [5.41, 5.74) is 5.60. The Hall–Kier alpha value is -3.07. The lowest BCUT2D eigenvalue weighted by molar-refractivity contribution is 0.0947. The molecular weight excluding hydrogens is 330 g/mol. The Kier molecular flexibility index (Phi) is 5.47. The molecular formula is C20H15N3OS. The third-order valence-electron chi connectivity index (χ3n) is 3.53. The van der Waals surface area contributed by atoms with E-state index in [4.69, 9.17) is 5.26 Å². The summed E-state index contributed by atoms with van der Waals surface area (Å²) >= 11 is 1.33. The molecule has 0 fully saturated rings. The zero-order valence-electron chi connectivity index (χ0n) is 13.3. The molecule has 0 aliphatic heterocycles. The van der Waals surface area contributed by atoms with Crippen LogP contribution in [-0.4, -0.2) is 5.91 Å². The van der Waals surface area contributed by atoms with Gasteiger partial charge in [-0.2, -0.15) is 10.1 Å². The smallest absolute Gasteiger partial charge is 0.266 e. The van der Waals surface area contributed by atoms with Crippen molar-refractivity contribution in [1.82, 2.24) is 10.3 Å². The highest BCUT2D eigenvalue weighted by Gasteiger charge is 2.07. The maximum atomic E-state index is 12.3. The van der Waals surface area contributed by atoms with Crippen molar-refractivity contribution in [3.63, 3.8) is 0 Å². The van der Waals surface area contributed by atoms with Gasteiger partial charge in [0, 0.05) is 10.5 Å². The highest BCUT2D eigenvalue weighted by Crippen LogP contribution is 2.21. The van der Waals surface area contributed by atoms with Crippen molar-refractivity contribution in [3.8, 4) is 17.2 Å². The van der Waals surface area contributed by atoms with Crippen LogP contribution in [0.1, 0.15) is 15.9 Å². The molecule has 0 atom stereocenters. The van der Waals surface area contributed by atoms with Crippen molar-refractivity contribution < 1.29 is 4.79 Å². The molecule has 2 N–H and O–H groups in total. The fraction of sp³-hybridized carbons (Fsp3) is 0. The number of hydrogen-bond acceptors (Lipinski definition) is 4. The van der Waals surface area contributed by atoms with Crippen molar-refractivity contribution in [2.24, 2.45) is 0 Å². The minimum atomic E-state index is -0.221. The van der Waals surface area contributed by atoms with Crippen LogP contribution in [0.2, 0.25) is 0 Å². The first-order chi connectivity index (χ1) is 12.3. The molecule has 3 rings (SSSR count). The van der Waals surface area contributed by atoms with E-state index in [1.165, 1.54) is 11.9 Å². The Morgan fingerprint density at radius 2 is 1.60 bits per heavy atom. The summed E-state index contributed by atoms with van der Waals surface area (Å²) in [7, 11) is 0. The molecule has 4 nitrogen and oxygen atoms in total. The van der Waals surface area contributed by atoms with E-state index in [-0.39, 0.29) is 5.91 Å². The van der Waals surface area contributed by atoms with E-state index in [0.29, 0.717) is 11.1 Å². The van der Waals surface area contributed by atoms with Crippen molar-refractivity contribution in [2.45, 2.75) is 4.90 Å². The number of nitrogens with one attached hydrogen (secondary N) is 2. The van der Waals surface area contributed by atoms with Gasteiger partial charge in [-0.3, -0.25) is 10.2 Å². The molecule has 0 saturated heterocycles. The predicted octanol–water partition coefficient (Wildman–Crippen LogP) is 4.17. The van der Waals surface area contributed by atoms with Gasteiger partial charge in [-0.05, 0) is 59.5 Å². The second-order valence-corrected chi connectivity index (χ2v) is 6.12. The van der Waals surface area contributed by atoms with Gasteiger partial charge in [0.25, 0.3) is 5.91 Å². The number of rotatable bonds is 5. The third kappa shape index (κ3) is 4.48. The molecule has 0 heterocycles. The molecule has 0 aromatic heterocycles. The van der Waals surface area contributed by atoms with Crippen LogP contribution >= 0.6 is 11.9 Å². The van der Waals surface area contributed by atoms with Crippen LogP contribution in [0.15, 0.2) is 83.8 Å². The van der Waals surface area contributed by atoms with Crippen molar-refractivity contribution in [2.75, 3.05) is 0 Å². The molecule has 25 heavy (non-hydrogen) atoms. The van der Waals surface area contributed by atoms with E-state index in [0.717, 1.165) is 16.0 Å². The Labute approximate surface area is 150 Å². The maximum Gasteiger partial charge on any atom is 0.266 e. The van der Waals surface area contributed by atoms with Crippen LogP contribution in [0.5, 0.6) is 0 Å². The maximum absolute atomic E-state index is 12.3. The van der Waals surface area contributed by atoms with Crippen LogP contribution < -0.4 is 10.3 Å².